The summed E-state index contributed by atoms with van der Waals surface area (Å²) in [6, 6.07) is 5.75. The molecular formula is C13H14ClN5. The van der Waals surface area contributed by atoms with Crippen molar-refractivity contribution in [2.75, 3.05) is 0 Å². The highest BCUT2D eigenvalue weighted by Gasteiger charge is 2.02. The third-order valence-electron chi connectivity index (χ3n) is 2.85. The summed E-state index contributed by atoms with van der Waals surface area (Å²) in [5, 5.41) is 8.34. The van der Waals surface area contributed by atoms with Crippen molar-refractivity contribution in [1.82, 2.24) is 24.5 Å². The van der Waals surface area contributed by atoms with Crippen LogP contribution in [0, 0.1) is 0 Å². The van der Waals surface area contributed by atoms with Gasteiger partial charge >= 0.3 is 0 Å². The van der Waals surface area contributed by atoms with Gasteiger partial charge in [-0.2, -0.15) is 5.10 Å². The van der Waals surface area contributed by atoms with Crippen LogP contribution in [0.2, 0.25) is 5.02 Å². The minimum atomic E-state index is 0.704. The Bertz CT molecular complexity index is 700. The molecule has 1 N–H and O–H groups in total. The zero-order valence-electron chi connectivity index (χ0n) is 10.5. The topological polar surface area (TPSA) is 47.2 Å². The second-order valence-corrected chi connectivity index (χ2v) is 4.87. The van der Waals surface area contributed by atoms with E-state index in [0.717, 1.165) is 23.6 Å². The highest BCUT2D eigenvalue weighted by atomic mass is 35.5. The number of nitrogens with one attached hydrogen (secondary N) is 1. The monoisotopic (exact) mass is 275 g/mol. The summed E-state index contributed by atoms with van der Waals surface area (Å²) in [6.45, 7) is 1.44. The van der Waals surface area contributed by atoms with Crippen LogP contribution in [0.3, 0.4) is 0 Å². The molecule has 0 aliphatic heterocycles. The first kappa shape index (κ1) is 12.2. The molecule has 0 unspecified atom stereocenters. The van der Waals surface area contributed by atoms with Gasteiger partial charge in [-0.05, 0) is 18.2 Å². The third-order valence-corrected chi connectivity index (χ3v) is 3.07. The summed E-state index contributed by atoms with van der Waals surface area (Å²) < 4.78 is 3.73. The number of nitrogens with zero attached hydrogens (tertiary/aromatic N) is 4. The lowest BCUT2D eigenvalue weighted by atomic mass is 10.4. The van der Waals surface area contributed by atoms with Crippen molar-refractivity contribution >= 4 is 17.2 Å². The van der Waals surface area contributed by atoms with Crippen molar-refractivity contribution in [2.24, 2.45) is 7.05 Å². The fourth-order valence-electron chi connectivity index (χ4n) is 1.98. The molecule has 0 aliphatic rings. The molecule has 3 aromatic heterocycles. The minimum absolute atomic E-state index is 0.704. The maximum Gasteiger partial charge on any atom is 0.137 e. The van der Waals surface area contributed by atoms with Crippen LogP contribution in [-0.4, -0.2) is 19.2 Å². The van der Waals surface area contributed by atoms with Crippen molar-refractivity contribution in [3.8, 4) is 0 Å². The summed E-state index contributed by atoms with van der Waals surface area (Å²) >= 11 is 5.94. The second-order valence-electron chi connectivity index (χ2n) is 4.43. The summed E-state index contributed by atoms with van der Waals surface area (Å²) in [5.41, 5.74) is 2.91. The lowest BCUT2D eigenvalue weighted by Crippen LogP contribution is -2.13. The number of rotatable bonds is 4. The Kier molecular flexibility index (Phi) is 3.23. The summed E-state index contributed by atoms with van der Waals surface area (Å²) in [4.78, 5) is 4.51. The molecule has 0 spiro atoms. The second kappa shape index (κ2) is 5.03. The van der Waals surface area contributed by atoms with Gasteiger partial charge < -0.3 is 9.72 Å². The van der Waals surface area contributed by atoms with E-state index in [2.05, 4.69) is 15.4 Å². The summed E-state index contributed by atoms with van der Waals surface area (Å²) in [7, 11) is 1.91. The molecule has 0 saturated heterocycles. The lowest BCUT2D eigenvalue weighted by molar-refractivity contribution is 0.650. The first-order valence-corrected chi connectivity index (χ1v) is 6.41. The Balaban J connectivity index is 1.65. The molecule has 3 aromatic rings. The summed E-state index contributed by atoms with van der Waals surface area (Å²) in [6.07, 6.45) is 5.77. The first-order valence-electron chi connectivity index (χ1n) is 6.03. The molecule has 3 heterocycles. The molecule has 98 valence electrons. The quantitative estimate of drug-likeness (QED) is 0.792. The van der Waals surface area contributed by atoms with E-state index in [9.17, 15) is 0 Å². The molecule has 0 aromatic carbocycles. The van der Waals surface area contributed by atoms with Crippen LogP contribution in [0.25, 0.3) is 5.65 Å². The van der Waals surface area contributed by atoms with E-state index in [1.54, 1.807) is 4.68 Å². The smallest absolute Gasteiger partial charge is 0.137 e. The normalized spacial score (nSPS) is 11.3. The van der Waals surface area contributed by atoms with Crippen molar-refractivity contribution in [3.63, 3.8) is 0 Å². The van der Waals surface area contributed by atoms with Gasteiger partial charge in [-0.15, -0.1) is 0 Å². The number of pyridine rings is 1. The Morgan fingerprint density at radius 2 is 2.00 bits per heavy atom. The first-order chi connectivity index (χ1) is 9.20. The van der Waals surface area contributed by atoms with Crippen LogP contribution in [0.1, 0.15) is 11.4 Å². The van der Waals surface area contributed by atoms with E-state index < -0.39 is 0 Å². The molecule has 0 saturated carbocycles. The van der Waals surface area contributed by atoms with Crippen LogP contribution in [0.4, 0.5) is 0 Å². The van der Waals surface area contributed by atoms with E-state index >= 15 is 0 Å². The third kappa shape index (κ3) is 2.77. The molecule has 6 heteroatoms. The molecule has 0 bridgehead atoms. The number of halogens is 1. The van der Waals surface area contributed by atoms with Gasteiger partial charge in [0.25, 0.3) is 0 Å². The molecule has 0 fully saturated rings. The Hall–Kier alpha value is -1.85. The maximum absolute atomic E-state index is 5.94. The Morgan fingerprint density at radius 3 is 2.79 bits per heavy atom. The van der Waals surface area contributed by atoms with Crippen LogP contribution in [0.15, 0.2) is 36.8 Å². The van der Waals surface area contributed by atoms with Gasteiger partial charge in [-0.25, -0.2) is 4.98 Å². The Labute approximate surface area is 115 Å². The van der Waals surface area contributed by atoms with E-state index in [0.29, 0.717) is 11.6 Å². The van der Waals surface area contributed by atoms with Crippen molar-refractivity contribution < 1.29 is 0 Å². The predicted molar refractivity (Wildman–Crippen MR) is 74.0 cm³/mol. The fourth-order valence-corrected chi connectivity index (χ4v) is 2.15. The van der Waals surface area contributed by atoms with E-state index in [-0.39, 0.29) is 0 Å². The largest absolute Gasteiger partial charge is 0.305 e. The highest BCUT2D eigenvalue weighted by Crippen LogP contribution is 2.11. The van der Waals surface area contributed by atoms with Crippen LogP contribution >= 0.6 is 11.6 Å². The zero-order valence-corrected chi connectivity index (χ0v) is 11.3. The van der Waals surface area contributed by atoms with Crippen LogP contribution in [-0.2, 0) is 20.1 Å². The standard InChI is InChI=1S/C13H14ClN5/c1-18-5-4-11(17-18)6-15-7-12-9-19-8-10(14)2-3-13(19)16-12/h2-5,8-9,15H,6-7H2,1H3. The molecular weight excluding hydrogens is 262 g/mol. The van der Waals surface area contributed by atoms with Gasteiger partial charge in [0.1, 0.15) is 5.65 Å². The molecule has 3 rings (SSSR count). The number of aryl methyl sites for hydroxylation is 1. The van der Waals surface area contributed by atoms with Gasteiger partial charge in [0.2, 0.25) is 0 Å². The van der Waals surface area contributed by atoms with Gasteiger partial charge in [-0.3, -0.25) is 4.68 Å². The predicted octanol–water partition coefficient (Wildman–Crippen LogP) is 2.01. The zero-order chi connectivity index (χ0) is 13.2. The molecule has 0 radical (unpaired) electrons. The molecule has 5 nitrogen and oxygen atoms in total. The number of hydrogen-bond acceptors (Lipinski definition) is 3. The molecule has 0 aliphatic carbocycles. The average molecular weight is 276 g/mol. The van der Waals surface area contributed by atoms with Crippen molar-refractivity contribution in [2.45, 2.75) is 13.1 Å². The van der Waals surface area contributed by atoms with Gasteiger partial charge in [0.15, 0.2) is 0 Å². The molecule has 0 amide bonds. The van der Waals surface area contributed by atoms with Gasteiger partial charge in [0, 0.05) is 38.7 Å². The fraction of sp³-hybridized carbons (Fsp3) is 0.231. The lowest BCUT2D eigenvalue weighted by Gasteiger charge is -1.98. The molecule has 19 heavy (non-hydrogen) atoms. The number of hydrogen-bond donors (Lipinski definition) is 1. The maximum atomic E-state index is 5.94. The van der Waals surface area contributed by atoms with E-state index in [4.69, 9.17) is 11.6 Å². The van der Waals surface area contributed by atoms with E-state index in [1.165, 1.54) is 0 Å². The number of fused-ring (bicyclic) bond motifs is 1. The average Bonchev–Trinajstić information content (AvgIpc) is 2.95. The number of imidazole rings is 1. The van der Waals surface area contributed by atoms with Crippen LogP contribution in [0.5, 0.6) is 0 Å². The van der Waals surface area contributed by atoms with Gasteiger partial charge in [-0.1, -0.05) is 11.6 Å². The highest BCUT2D eigenvalue weighted by molar-refractivity contribution is 6.30. The van der Waals surface area contributed by atoms with Gasteiger partial charge in [0.05, 0.1) is 16.4 Å². The van der Waals surface area contributed by atoms with E-state index in [1.807, 2.05) is 48.2 Å². The van der Waals surface area contributed by atoms with Crippen LogP contribution < -0.4 is 5.32 Å². The minimum Gasteiger partial charge on any atom is -0.305 e. The Morgan fingerprint density at radius 1 is 1.16 bits per heavy atom. The number of aromatic nitrogens is 4. The summed E-state index contributed by atoms with van der Waals surface area (Å²) in [5.74, 6) is 0. The van der Waals surface area contributed by atoms with Crippen molar-refractivity contribution in [3.05, 3.63) is 53.2 Å². The van der Waals surface area contributed by atoms with Crippen molar-refractivity contribution in [1.29, 1.82) is 0 Å². The SMILES string of the molecule is Cn1ccc(CNCc2cn3cc(Cl)ccc3n2)n1. The molecule has 0 atom stereocenters.